The molecule has 0 radical (unpaired) electrons. The number of hydrogen-bond acceptors (Lipinski definition) is 3. The summed E-state index contributed by atoms with van der Waals surface area (Å²) in [5.41, 5.74) is 0.0974. The highest BCUT2D eigenvalue weighted by Crippen LogP contribution is 2.51. The third-order valence-electron chi connectivity index (χ3n) is 6.19. The molecule has 2 aliphatic rings. The molecular formula is C19H34O3. The lowest BCUT2D eigenvalue weighted by atomic mass is 9.71. The number of ether oxygens (including phenoxy) is 2. The molecule has 3 heteroatoms. The van der Waals surface area contributed by atoms with Crippen LogP contribution >= 0.6 is 0 Å². The second-order valence-corrected chi connectivity index (χ2v) is 8.94. The van der Waals surface area contributed by atoms with E-state index in [1.807, 2.05) is 0 Å². The van der Waals surface area contributed by atoms with E-state index in [4.69, 9.17) is 9.47 Å². The van der Waals surface area contributed by atoms with E-state index < -0.39 is 0 Å². The molecule has 0 bridgehead atoms. The highest BCUT2D eigenvalue weighted by Gasteiger charge is 2.58. The van der Waals surface area contributed by atoms with Gasteiger partial charge < -0.3 is 9.47 Å². The van der Waals surface area contributed by atoms with Gasteiger partial charge in [0.15, 0.2) is 0 Å². The second-order valence-electron chi connectivity index (χ2n) is 8.94. The number of carbonyl (C=O) groups excluding carboxylic acids is 1. The predicted octanol–water partition coefficient (Wildman–Crippen LogP) is 4.73. The average Bonchev–Trinajstić information content (AvgIpc) is 2.95. The summed E-state index contributed by atoms with van der Waals surface area (Å²) in [6, 6.07) is 0. The minimum Gasteiger partial charge on any atom is -0.465 e. The maximum atomic E-state index is 12.5. The van der Waals surface area contributed by atoms with Crippen molar-refractivity contribution in [2.45, 2.75) is 92.3 Å². The largest absolute Gasteiger partial charge is 0.465 e. The Balaban J connectivity index is 2.17. The zero-order valence-corrected chi connectivity index (χ0v) is 15.3. The number of rotatable bonds is 6. The lowest BCUT2D eigenvalue weighted by molar-refractivity contribution is -0.149. The molecule has 3 nitrogen and oxygen atoms in total. The fourth-order valence-corrected chi connectivity index (χ4v) is 3.77. The van der Waals surface area contributed by atoms with E-state index in [1.54, 1.807) is 0 Å². The van der Waals surface area contributed by atoms with E-state index in [0.29, 0.717) is 6.61 Å². The van der Waals surface area contributed by atoms with Crippen molar-refractivity contribution >= 4 is 5.97 Å². The molecule has 1 spiro atoms. The fourth-order valence-electron chi connectivity index (χ4n) is 3.77. The van der Waals surface area contributed by atoms with E-state index in [2.05, 4.69) is 41.5 Å². The fraction of sp³-hybridized carbons (Fsp3) is 0.947. The average molecular weight is 310 g/mol. The molecule has 0 aromatic carbocycles. The number of hydrogen-bond donors (Lipinski definition) is 0. The van der Waals surface area contributed by atoms with E-state index in [0.717, 1.165) is 38.5 Å². The summed E-state index contributed by atoms with van der Waals surface area (Å²) in [5.74, 6) is -0.0128. The number of esters is 1. The van der Waals surface area contributed by atoms with Crippen molar-refractivity contribution in [3.05, 3.63) is 0 Å². The Hall–Kier alpha value is -0.570. The Kier molecular flexibility index (Phi) is 4.97. The van der Waals surface area contributed by atoms with E-state index >= 15 is 0 Å². The van der Waals surface area contributed by atoms with E-state index in [-0.39, 0.29) is 34.4 Å². The molecule has 128 valence electrons. The molecule has 2 rings (SSSR count). The molecule has 0 aromatic heterocycles. The van der Waals surface area contributed by atoms with E-state index in [9.17, 15) is 4.79 Å². The third kappa shape index (κ3) is 3.50. The van der Waals surface area contributed by atoms with Crippen molar-refractivity contribution < 1.29 is 14.3 Å². The maximum Gasteiger partial charge on any atom is 0.314 e. The van der Waals surface area contributed by atoms with E-state index in [1.165, 1.54) is 0 Å². The lowest BCUT2D eigenvalue weighted by Gasteiger charge is -2.32. The number of carbonyl (C=O) groups is 1. The first-order valence-corrected chi connectivity index (χ1v) is 8.97. The second kappa shape index (κ2) is 6.14. The van der Waals surface area contributed by atoms with Crippen LogP contribution in [-0.4, -0.2) is 24.8 Å². The van der Waals surface area contributed by atoms with Crippen molar-refractivity contribution in [3.63, 3.8) is 0 Å². The summed E-state index contributed by atoms with van der Waals surface area (Å²) in [4.78, 5) is 12.5. The Bertz CT molecular complexity index is 413. The van der Waals surface area contributed by atoms with Crippen LogP contribution < -0.4 is 0 Å². The van der Waals surface area contributed by atoms with Crippen LogP contribution in [-0.2, 0) is 14.3 Å². The van der Waals surface area contributed by atoms with Crippen LogP contribution in [0.3, 0.4) is 0 Å². The molecule has 3 unspecified atom stereocenters. The van der Waals surface area contributed by atoms with Crippen LogP contribution in [0.2, 0.25) is 0 Å². The Morgan fingerprint density at radius 3 is 2.18 bits per heavy atom. The molecule has 0 N–H and O–H groups in total. The molecule has 2 aliphatic heterocycles. The van der Waals surface area contributed by atoms with Crippen molar-refractivity contribution in [2.75, 3.05) is 6.61 Å². The van der Waals surface area contributed by atoms with Gasteiger partial charge >= 0.3 is 5.97 Å². The van der Waals surface area contributed by atoms with Crippen LogP contribution in [0.1, 0.15) is 80.1 Å². The van der Waals surface area contributed by atoms with Gasteiger partial charge in [0.05, 0.1) is 24.2 Å². The van der Waals surface area contributed by atoms with Gasteiger partial charge in [0.25, 0.3) is 0 Å². The maximum absolute atomic E-state index is 12.5. The molecule has 0 aromatic rings. The molecule has 3 atom stereocenters. The Morgan fingerprint density at radius 1 is 1.09 bits per heavy atom. The van der Waals surface area contributed by atoms with Gasteiger partial charge in [-0.25, -0.2) is 0 Å². The Morgan fingerprint density at radius 2 is 1.68 bits per heavy atom. The monoisotopic (exact) mass is 310 g/mol. The minimum absolute atomic E-state index is 0.0128. The molecule has 2 fully saturated rings. The molecule has 2 heterocycles. The van der Waals surface area contributed by atoms with Gasteiger partial charge in [-0.3, -0.25) is 4.79 Å². The van der Waals surface area contributed by atoms with Gasteiger partial charge in [-0.15, -0.1) is 0 Å². The van der Waals surface area contributed by atoms with Crippen LogP contribution in [0, 0.1) is 16.2 Å². The van der Waals surface area contributed by atoms with Crippen molar-refractivity contribution in [1.29, 1.82) is 0 Å². The summed E-state index contributed by atoms with van der Waals surface area (Å²) < 4.78 is 11.8. The lowest BCUT2D eigenvalue weighted by Crippen LogP contribution is -2.38. The molecular weight excluding hydrogens is 276 g/mol. The van der Waals surface area contributed by atoms with Crippen LogP contribution in [0.15, 0.2) is 0 Å². The highest BCUT2D eigenvalue weighted by molar-refractivity contribution is 5.80. The van der Waals surface area contributed by atoms with Gasteiger partial charge in [0, 0.05) is 6.42 Å². The smallest absolute Gasteiger partial charge is 0.314 e. The molecule has 0 amide bonds. The first kappa shape index (κ1) is 17.8. The quantitative estimate of drug-likeness (QED) is 0.665. The summed E-state index contributed by atoms with van der Waals surface area (Å²) in [5, 5.41) is 0. The van der Waals surface area contributed by atoms with Crippen molar-refractivity contribution in [3.8, 4) is 0 Å². The standard InChI is InChI=1S/C19H34O3/c1-7-17(3,4)11-14-12-19(9-10-21-16(19)20)15(22-14)13-18(5,6)8-2/h14-15H,7-13H2,1-6H3. The zero-order chi connectivity index (χ0) is 16.6. The molecule has 22 heavy (non-hydrogen) atoms. The molecule has 2 saturated heterocycles. The van der Waals surface area contributed by atoms with Crippen LogP contribution in [0.25, 0.3) is 0 Å². The Labute approximate surface area is 136 Å². The van der Waals surface area contributed by atoms with Crippen LogP contribution in [0.5, 0.6) is 0 Å². The predicted molar refractivity (Wildman–Crippen MR) is 88.7 cm³/mol. The summed E-state index contributed by atoms with van der Waals surface area (Å²) in [6.45, 7) is 14.1. The van der Waals surface area contributed by atoms with Crippen molar-refractivity contribution in [2.24, 2.45) is 16.2 Å². The van der Waals surface area contributed by atoms with Gasteiger partial charge in [0.2, 0.25) is 0 Å². The number of cyclic esters (lactones) is 1. The van der Waals surface area contributed by atoms with Gasteiger partial charge in [-0.2, -0.15) is 0 Å². The SMILES string of the molecule is CCC(C)(C)CC1CC2(CCOC2=O)C(CC(C)(C)CC)O1. The minimum atomic E-state index is -0.374. The van der Waals surface area contributed by atoms with Gasteiger partial charge in [-0.05, 0) is 30.1 Å². The summed E-state index contributed by atoms with van der Waals surface area (Å²) in [6.07, 6.45) is 6.11. The topological polar surface area (TPSA) is 35.5 Å². The van der Waals surface area contributed by atoms with Gasteiger partial charge in [0.1, 0.15) is 0 Å². The summed E-state index contributed by atoms with van der Waals surface area (Å²) >= 11 is 0. The third-order valence-corrected chi connectivity index (χ3v) is 6.19. The first-order valence-electron chi connectivity index (χ1n) is 8.97. The molecule has 0 aliphatic carbocycles. The highest BCUT2D eigenvalue weighted by atomic mass is 16.6. The van der Waals surface area contributed by atoms with Gasteiger partial charge in [-0.1, -0.05) is 54.4 Å². The molecule has 0 saturated carbocycles. The zero-order valence-electron chi connectivity index (χ0n) is 15.3. The van der Waals surface area contributed by atoms with Crippen molar-refractivity contribution in [1.82, 2.24) is 0 Å². The van der Waals surface area contributed by atoms with Crippen LogP contribution in [0.4, 0.5) is 0 Å². The normalized spacial score (nSPS) is 32.7. The summed E-state index contributed by atoms with van der Waals surface area (Å²) in [7, 11) is 0. The first-order chi connectivity index (χ1) is 10.1.